The van der Waals surface area contributed by atoms with Crippen molar-refractivity contribution in [3.8, 4) is 11.5 Å². The second kappa shape index (κ2) is 17.0. The minimum atomic E-state index is -4.40. The lowest BCUT2D eigenvalue weighted by atomic mass is 10.0. The molecule has 9 nitrogen and oxygen atoms in total. The fourth-order valence-corrected chi connectivity index (χ4v) is 7.01. The van der Waals surface area contributed by atoms with Crippen molar-refractivity contribution in [3.63, 3.8) is 0 Å². The number of benzene rings is 4. The molecule has 0 heterocycles. The Morgan fingerprint density at radius 1 is 0.857 bits per heavy atom. The molecule has 4 aromatic carbocycles. The average molecular weight is 690 g/mol. The Morgan fingerprint density at radius 3 is 2.14 bits per heavy atom. The highest BCUT2D eigenvalue weighted by Gasteiger charge is 2.35. The molecule has 0 saturated carbocycles. The third kappa shape index (κ3) is 9.38. The van der Waals surface area contributed by atoms with Gasteiger partial charge in [-0.25, -0.2) is 12.8 Å². The van der Waals surface area contributed by atoms with Gasteiger partial charge in [-0.3, -0.25) is 13.9 Å². The number of unbranched alkanes of at least 4 members (excludes halogenated alkanes) is 1. The molecule has 0 spiro atoms. The van der Waals surface area contributed by atoms with E-state index in [1.54, 1.807) is 30.3 Å². The van der Waals surface area contributed by atoms with Gasteiger partial charge >= 0.3 is 0 Å². The fourth-order valence-electron chi connectivity index (χ4n) is 5.60. The van der Waals surface area contributed by atoms with Crippen LogP contribution in [0.5, 0.6) is 11.5 Å². The number of halogens is 1. The molecule has 11 heteroatoms. The lowest BCUT2D eigenvalue weighted by Crippen LogP contribution is -2.53. The summed E-state index contributed by atoms with van der Waals surface area (Å²) in [6, 6.07) is 23.6. The first kappa shape index (κ1) is 36.9. The number of carbonyl (C=O) groups is 2. The molecule has 0 bridgehead atoms. The summed E-state index contributed by atoms with van der Waals surface area (Å²) in [6.45, 7) is 5.14. The van der Waals surface area contributed by atoms with E-state index in [-0.39, 0.29) is 34.9 Å². The summed E-state index contributed by atoms with van der Waals surface area (Å²) >= 11 is 0. The van der Waals surface area contributed by atoms with Crippen LogP contribution in [-0.4, -0.2) is 58.5 Å². The molecule has 4 aromatic rings. The van der Waals surface area contributed by atoms with Crippen LogP contribution in [0.1, 0.15) is 42.0 Å². The van der Waals surface area contributed by atoms with Gasteiger partial charge < -0.3 is 19.7 Å². The predicted octanol–water partition coefficient (Wildman–Crippen LogP) is 6.21. The third-order valence-corrected chi connectivity index (χ3v) is 9.89. The Morgan fingerprint density at radius 2 is 1.51 bits per heavy atom. The van der Waals surface area contributed by atoms with Crippen LogP contribution >= 0.6 is 0 Å². The Labute approximate surface area is 288 Å². The first-order valence-corrected chi connectivity index (χ1v) is 17.6. The van der Waals surface area contributed by atoms with Crippen molar-refractivity contribution in [3.05, 3.63) is 119 Å². The molecule has 0 aliphatic carbocycles. The quantitative estimate of drug-likeness (QED) is 0.140. The third-order valence-electron chi connectivity index (χ3n) is 8.12. The van der Waals surface area contributed by atoms with E-state index < -0.39 is 40.2 Å². The number of anilines is 1. The lowest BCUT2D eigenvalue weighted by molar-refractivity contribution is -0.140. The van der Waals surface area contributed by atoms with Crippen molar-refractivity contribution in [2.75, 3.05) is 31.6 Å². The molecule has 1 atom stereocenters. The molecule has 2 amide bonds. The van der Waals surface area contributed by atoms with Crippen LogP contribution in [0.2, 0.25) is 0 Å². The number of hydrogen-bond acceptors (Lipinski definition) is 6. The van der Waals surface area contributed by atoms with E-state index in [0.29, 0.717) is 12.3 Å². The number of carbonyl (C=O) groups excluding carboxylic acids is 2. The van der Waals surface area contributed by atoms with Gasteiger partial charge in [0.1, 0.15) is 18.4 Å². The second-order valence-corrected chi connectivity index (χ2v) is 13.7. The second-order valence-electron chi connectivity index (χ2n) is 11.8. The molecule has 4 rings (SSSR count). The fraction of sp³-hybridized carbons (Fsp3) is 0.316. The number of nitrogens with one attached hydrogen (secondary N) is 1. The molecule has 0 fully saturated rings. The van der Waals surface area contributed by atoms with Crippen LogP contribution in [0.25, 0.3) is 0 Å². The maximum absolute atomic E-state index is 15.1. The molecule has 0 radical (unpaired) electrons. The van der Waals surface area contributed by atoms with Gasteiger partial charge in [0, 0.05) is 31.1 Å². The summed E-state index contributed by atoms with van der Waals surface area (Å²) in [7, 11) is -1.55. The minimum absolute atomic E-state index is 0.129. The van der Waals surface area contributed by atoms with Gasteiger partial charge in [0.25, 0.3) is 10.0 Å². The van der Waals surface area contributed by atoms with Crippen molar-refractivity contribution in [2.45, 2.75) is 57.5 Å². The summed E-state index contributed by atoms with van der Waals surface area (Å²) in [6.07, 6.45) is 1.71. The molecule has 260 valence electrons. The first-order valence-electron chi connectivity index (χ1n) is 16.2. The van der Waals surface area contributed by atoms with Crippen molar-refractivity contribution >= 4 is 27.5 Å². The van der Waals surface area contributed by atoms with Crippen molar-refractivity contribution in [2.24, 2.45) is 0 Å². The standard InChI is InChI=1S/C38H44FN3O6S/c1-6-7-19-40-38(44)34(23-29-13-9-8-10-14-29)41(25-30-15-11-12-16-33(30)39)37(43)26-42(31-21-27(2)20-28(3)22-31)49(45,46)32-17-18-35(47-4)36(24-32)48-5/h8-18,20-22,24,34H,6-7,19,23,25-26H2,1-5H3,(H,40,44)/t34-/m0/s1. The zero-order chi connectivity index (χ0) is 35.6. The number of hydrogen-bond donors (Lipinski definition) is 1. The topological polar surface area (TPSA) is 105 Å². The molecule has 0 aromatic heterocycles. The van der Waals surface area contributed by atoms with Crippen LogP contribution < -0.4 is 19.1 Å². The molecule has 0 aliphatic heterocycles. The van der Waals surface area contributed by atoms with E-state index in [9.17, 15) is 18.0 Å². The summed E-state index contributed by atoms with van der Waals surface area (Å²) in [5.41, 5.74) is 2.81. The van der Waals surface area contributed by atoms with Gasteiger partial charge in [0.2, 0.25) is 11.8 Å². The van der Waals surface area contributed by atoms with Gasteiger partial charge in [0.15, 0.2) is 11.5 Å². The van der Waals surface area contributed by atoms with Gasteiger partial charge in [0.05, 0.1) is 24.8 Å². The molecule has 0 saturated heterocycles. The van der Waals surface area contributed by atoms with E-state index >= 15 is 4.39 Å². The van der Waals surface area contributed by atoms with Gasteiger partial charge in [-0.05, 0) is 67.3 Å². The summed E-state index contributed by atoms with van der Waals surface area (Å²) in [4.78, 5) is 29.7. The van der Waals surface area contributed by atoms with Crippen molar-refractivity contribution in [1.29, 1.82) is 0 Å². The molecule has 0 unspecified atom stereocenters. The number of aryl methyl sites for hydroxylation is 2. The van der Waals surface area contributed by atoms with Crippen LogP contribution in [0.15, 0.2) is 95.9 Å². The number of amides is 2. The Balaban J connectivity index is 1.85. The highest BCUT2D eigenvalue weighted by Crippen LogP contribution is 2.33. The molecule has 1 N–H and O–H groups in total. The Hall–Kier alpha value is -4.90. The Bertz CT molecular complexity index is 1830. The average Bonchev–Trinajstić information content (AvgIpc) is 3.09. The van der Waals surface area contributed by atoms with Crippen LogP contribution in [-0.2, 0) is 32.6 Å². The van der Waals surface area contributed by atoms with Crippen LogP contribution in [0.3, 0.4) is 0 Å². The normalized spacial score (nSPS) is 11.8. The largest absolute Gasteiger partial charge is 0.493 e. The Kier molecular flexibility index (Phi) is 12.8. The maximum atomic E-state index is 15.1. The maximum Gasteiger partial charge on any atom is 0.264 e. The molecular weight excluding hydrogens is 645 g/mol. The van der Waals surface area contributed by atoms with Crippen LogP contribution in [0, 0.1) is 19.7 Å². The lowest BCUT2D eigenvalue weighted by Gasteiger charge is -2.34. The van der Waals surface area contributed by atoms with E-state index in [0.717, 1.165) is 33.8 Å². The summed E-state index contributed by atoms with van der Waals surface area (Å²) in [5, 5.41) is 2.93. The van der Waals surface area contributed by atoms with Gasteiger partial charge in [-0.15, -0.1) is 0 Å². The van der Waals surface area contributed by atoms with Crippen molar-refractivity contribution < 1.29 is 31.9 Å². The van der Waals surface area contributed by atoms with E-state index in [1.165, 1.54) is 43.4 Å². The zero-order valence-corrected chi connectivity index (χ0v) is 29.4. The highest BCUT2D eigenvalue weighted by atomic mass is 32.2. The van der Waals surface area contributed by atoms with E-state index in [2.05, 4.69) is 5.32 Å². The SMILES string of the molecule is CCCCNC(=O)[C@H](Cc1ccccc1)N(Cc1ccccc1F)C(=O)CN(c1cc(C)cc(C)c1)S(=O)(=O)c1ccc(OC)c(OC)c1. The minimum Gasteiger partial charge on any atom is -0.493 e. The number of rotatable bonds is 16. The summed E-state index contributed by atoms with van der Waals surface area (Å²) in [5.74, 6) is -1.11. The monoisotopic (exact) mass is 689 g/mol. The molecule has 0 aliphatic rings. The predicted molar refractivity (Wildman–Crippen MR) is 189 cm³/mol. The number of sulfonamides is 1. The van der Waals surface area contributed by atoms with Gasteiger partial charge in [-0.1, -0.05) is 67.9 Å². The highest BCUT2D eigenvalue weighted by molar-refractivity contribution is 7.92. The van der Waals surface area contributed by atoms with Crippen LogP contribution in [0.4, 0.5) is 10.1 Å². The number of methoxy groups -OCH3 is 2. The first-order chi connectivity index (χ1) is 23.5. The smallest absolute Gasteiger partial charge is 0.264 e. The van der Waals surface area contributed by atoms with Crippen molar-refractivity contribution in [1.82, 2.24) is 10.2 Å². The molecular formula is C38H44FN3O6S. The molecule has 49 heavy (non-hydrogen) atoms. The van der Waals surface area contributed by atoms with E-state index in [1.807, 2.05) is 57.2 Å². The zero-order valence-electron chi connectivity index (χ0n) is 28.6. The number of nitrogens with zero attached hydrogens (tertiary/aromatic N) is 2. The van der Waals surface area contributed by atoms with Gasteiger partial charge in [-0.2, -0.15) is 0 Å². The summed E-state index contributed by atoms with van der Waals surface area (Å²) < 4.78 is 55.8. The number of ether oxygens (including phenoxy) is 2. The van der Waals surface area contributed by atoms with E-state index in [4.69, 9.17) is 9.47 Å².